The zero-order valence-corrected chi connectivity index (χ0v) is 24.4. The molecule has 3 aromatic carbocycles. The van der Waals surface area contributed by atoms with Crippen LogP contribution < -0.4 is 9.04 Å². The topological polar surface area (TPSA) is 93.2 Å². The van der Waals surface area contributed by atoms with Crippen molar-refractivity contribution in [2.24, 2.45) is 0 Å². The molecular weight excluding hydrogens is 578 g/mol. The average molecular weight is 609 g/mol. The Labute approximate surface area is 243 Å². The number of nitrogens with zero attached hydrogens (tertiary/aromatic N) is 2. The smallest absolute Gasteiger partial charge is 0.306 e. The molecule has 0 radical (unpaired) electrons. The van der Waals surface area contributed by atoms with Crippen molar-refractivity contribution in [1.82, 2.24) is 4.90 Å². The van der Waals surface area contributed by atoms with Gasteiger partial charge in [0.1, 0.15) is 24.0 Å². The van der Waals surface area contributed by atoms with E-state index in [1.807, 2.05) is 0 Å². The summed E-state index contributed by atoms with van der Waals surface area (Å²) in [7, 11) is -3.17. The molecule has 0 spiro atoms. The zero-order valence-electron chi connectivity index (χ0n) is 22.8. The van der Waals surface area contributed by atoms with E-state index in [4.69, 9.17) is 16.3 Å². The maximum atomic E-state index is 15.1. The highest BCUT2D eigenvalue weighted by molar-refractivity contribution is 7.92. The lowest BCUT2D eigenvalue weighted by atomic mass is 10.1. The van der Waals surface area contributed by atoms with Crippen molar-refractivity contribution >= 4 is 39.2 Å². The molecule has 3 aromatic rings. The summed E-state index contributed by atoms with van der Waals surface area (Å²) in [4.78, 5) is 25.2. The van der Waals surface area contributed by atoms with Crippen LogP contribution >= 0.6 is 11.6 Å². The Morgan fingerprint density at radius 2 is 1.68 bits per heavy atom. The second-order valence-corrected chi connectivity index (χ2v) is 11.2. The summed E-state index contributed by atoms with van der Waals surface area (Å²) in [6, 6.07) is 13.5. The second-order valence-electron chi connectivity index (χ2n) is 8.96. The number of carbonyl (C=O) groups is 2. The monoisotopic (exact) mass is 608 g/mol. The van der Waals surface area contributed by atoms with Gasteiger partial charge in [-0.2, -0.15) is 0 Å². The minimum Gasteiger partial charge on any atom is -0.491 e. The van der Waals surface area contributed by atoms with Gasteiger partial charge in [0.25, 0.3) is 10.0 Å². The number of benzene rings is 3. The lowest BCUT2D eigenvalue weighted by Crippen LogP contribution is -2.35. The highest BCUT2D eigenvalue weighted by Crippen LogP contribution is 2.38. The Bertz CT molecular complexity index is 1470. The Kier molecular flexibility index (Phi) is 11.1. The maximum Gasteiger partial charge on any atom is 0.306 e. The van der Waals surface area contributed by atoms with Crippen LogP contribution in [0.25, 0.3) is 0 Å². The number of ether oxygens (including phenoxy) is 2. The van der Waals surface area contributed by atoms with Crippen molar-refractivity contribution in [2.45, 2.75) is 37.6 Å². The molecule has 0 aliphatic rings. The van der Waals surface area contributed by atoms with Crippen LogP contribution in [0.15, 0.2) is 71.6 Å². The number of carbonyl (C=O) groups excluding carboxylic acids is 2. The third-order valence-corrected chi connectivity index (χ3v) is 8.51. The van der Waals surface area contributed by atoms with Gasteiger partial charge < -0.3 is 14.4 Å². The van der Waals surface area contributed by atoms with Gasteiger partial charge in [-0.25, -0.2) is 17.2 Å². The fraction of sp³-hybridized carbons (Fsp3) is 0.310. The fourth-order valence-corrected chi connectivity index (χ4v) is 5.96. The largest absolute Gasteiger partial charge is 0.491 e. The molecule has 41 heavy (non-hydrogen) atoms. The number of hydrogen-bond donors (Lipinski definition) is 0. The first kappa shape index (κ1) is 31.8. The molecule has 0 bridgehead atoms. The summed E-state index contributed by atoms with van der Waals surface area (Å²) in [6.45, 7) is 3.96. The van der Waals surface area contributed by atoms with Crippen molar-refractivity contribution in [3.05, 3.63) is 89.0 Å². The molecule has 1 unspecified atom stereocenters. The molecule has 0 saturated carbocycles. The van der Waals surface area contributed by atoms with Crippen LogP contribution in [0.1, 0.15) is 38.3 Å². The predicted molar refractivity (Wildman–Crippen MR) is 151 cm³/mol. The summed E-state index contributed by atoms with van der Waals surface area (Å²) in [5, 5.41) is 0.309. The number of anilines is 1. The normalized spacial score (nSPS) is 12.0. The van der Waals surface area contributed by atoms with Gasteiger partial charge in [-0.3, -0.25) is 13.9 Å². The van der Waals surface area contributed by atoms with Crippen LogP contribution in [0.4, 0.5) is 14.5 Å². The van der Waals surface area contributed by atoms with E-state index in [2.05, 4.69) is 4.74 Å². The standard InChI is InChI=1S/C29H31ClF2N2O6S/c1-4-33(28(35)15-16-29(36)39-3)17-18-40-27-8-6-5-7-24(27)20(2)34(26-19-22(31)11-14-25(26)32)41(37,38)23-12-9-21(30)10-13-23/h5-14,19-20H,4,15-18H2,1-3H3. The first-order chi connectivity index (χ1) is 19.5. The third-order valence-electron chi connectivity index (χ3n) is 6.36. The number of methoxy groups -OCH3 is 1. The lowest BCUT2D eigenvalue weighted by molar-refractivity contribution is -0.143. The van der Waals surface area contributed by atoms with E-state index < -0.39 is 39.4 Å². The van der Waals surface area contributed by atoms with E-state index in [0.717, 1.165) is 22.5 Å². The van der Waals surface area contributed by atoms with Crippen molar-refractivity contribution in [3.63, 3.8) is 0 Å². The van der Waals surface area contributed by atoms with Crippen LogP contribution in [-0.2, 0) is 24.3 Å². The van der Waals surface area contributed by atoms with Crippen molar-refractivity contribution < 1.29 is 36.3 Å². The minimum atomic E-state index is -4.42. The highest BCUT2D eigenvalue weighted by Gasteiger charge is 2.34. The molecule has 12 heteroatoms. The van der Waals surface area contributed by atoms with Crippen LogP contribution in [0, 0.1) is 11.6 Å². The van der Waals surface area contributed by atoms with E-state index >= 15 is 4.39 Å². The molecule has 1 amide bonds. The Balaban J connectivity index is 1.92. The predicted octanol–water partition coefficient (Wildman–Crippen LogP) is 5.76. The van der Waals surface area contributed by atoms with E-state index in [0.29, 0.717) is 22.9 Å². The second kappa shape index (κ2) is 14.3. The van der Waals surface area contributed by atoms with Crippen molar-refractivity contribution in [2.75, 3.05) is 31.1 Å². The molecule has 0 fully saturated rings. The third kappa shape index (κ3) is 7.95. The van der Waals surface area contributed by atoms with Gasteiger partial charge in [0.2, 0.25) is 5.91 Å². The highest BCUT2D eigenvalue weighted by atomic mass is 35.5. The van der Waals surface area contributed by atoms with E-state index in [-0.39, 0.29) is 36.8 Å². The summed E-state index contributed by atoms with van der Waals surface area (Å²) < 4.78 is 68.4. The molecule has 3 rings (SSSR count). The molecule has 0 saturated heterocycles. The summed E-state index contributed by atoms with van der Waals surface area (Å²) in [5.74, 6) is -2.18. The molecule has 0 aromatic heterocycles. The number of hydrogen-bond acceptors (Lipinski definition) is 6. The maximum absolute atomic E-state index is 15.1. The molecule has 0 N–H and O–H groups in total. The fourth-order valence-electron chi connectivity index (χ4n) is 4.20. The van der Waals surface area contributed by atoms with Gasteiger partial charge in [-0.1, -0.05) is 29.8 Å². The number of amides is 1. The SMILES string of the molecule is CCN(CCOc1ccccc1C(C)N(c1cc(F)ccc1F)S(=O)(=O)c1ccc(Cl)cc1)C(=O)CCC(=O)OC. The average Bonchev–Trinajstić information content (AvgIpc) is 2.96. The quantitative estimate of drug-likeness (QED) is 0.229. The summed E-state index contributed by atoms with van der Waals surface area (Å²) >= 11 is 5.94. The molecular formula is C29H31ClF2N2O6S. The first-order valence-corrected chi connectivity index (χ1v) is 14.6. The van der Waals surface area contributed by atoms with Crippen molar-refractivity contribution in [3.8, 4) is 5.75 Å². The lowest BCUT2D eigenvalue weighted by Gasteiger charge is -2.32. The Hall–Kier alpha value is -3.70. The van der Waals surface area contributed by atoms with Crippen LogP contribution in [0.2, 0.25) is 5.02 Å². The number of likely N-dealkylation sites (N-methyl/N-ethyl adjacent to an activating group) is 1. The van der Waals surface area contributed by atoms with Crippen LogP contribution in [0.3, 0.4) is 0 Å². The number of para-hydroxylation sites is 1. The van der Waals surface area contributed by atoms with Gasteiger partial charge in [-0.05, 0) is 56.3 Å². The Morgan fingerprint density at radius 1 is 1.00 bits per heavy atom. The molecule has 0 heterocycles. The summed E-state index contributed by atoms with van der Waals surface area (Å²) in [5.41, 5.74) is -0.0932. The molecule has 220 valence electrons. The van der Waals surface area contributed by atoms with E-state index in [9.17, 15) is 22.4 Å². The molecule has 0 aliphatic carbocycles. The first-order valence-electron chi connectivity index (χ1n) is 12.8. The number of halogens is 3. The van der Waals surface area contributed by atoms with Gasteiger partial charge in [0, 0.05) is 29.6 Å². The van der Waals surface area contributed by atoms with Crippen molar-refractivity contribution in [1.29, 1.82) is 0 Å². The number of esters is 1. The molecule has 1 atom stereocenters. The summed E-state index contributed by atoms with van der Waals surface area (Å²) in [6.07, 6.45) is -0.0491. The van der Waals surface area contributed by atoms with Gasteiger partial charge >= 0.3 is 5.97 Å². The number of sulfonamides is 1. The van der Waals surface area contributed by atoms with Gasteiger partial charge in [0.05, 0.1) is 36.7 Å². The van der Waals surface area contributed by atoms with Crippen LogP contribution in [-0.4, -0.2) is 52.0 Å². The van der Waals surface area contributed by atoms with E-state index in [1.165, 1.54) is 43.2 Å². The molecule has 8 nitrogen and oxygen atoms in total. The minimum absolute atomic E-state index is 0.00908. The molecule has 0 aliphatic heterocycles. The van der Waals surface area contributed by atoms with E-state index in [1.54, 1.807) is 31.2 Å². The Morgan fingerprint density at radius 3 is 2.34 bits per heavy atom. The van der Waals surface area contributed by atoms with Gasteiger partial charge in [0.15, 0.2) is 0 Å². The van der Waals surface area contributed by atoms with Gasteiger partial charge in [-0.15, -0.1) is 0 Å². The number of rotatable bonds is 13. The van der Waals surface area contributed by atoms with Crippen LogP contribution in [0.5, 0.6) is 5.75 Å². The zero-order chi connectivity index (χ0) is 30.2.